The summed E-state index contributed by atoms with van der Waals surface area (Å²) in [4.78, 5) is 2.70. The van der Waals surface area contributed by atoms with Crippen LogP contribution in [0.5, 0.6) is 0 Å². The van der Waals surface area contributed by atoms with E-state index in [-0.39, 0.29) is 4.90 Å². The number of hydrogen-bond donors (Lipinski definition) is 2. The first kappa shape index (κ1) is 21.6. The number of tetrazole rings is 1. The maximum Gasteiger partial charge on any atom is 0.181 e. The fourth-order valence-electron chi connectivity index (χ4n) is 4.33. The smallest absolute Gasteiger partial charge is 0.181 e. The molecule has 8 nitrogen and oxygen atoms in total. The van der Waals surface area contributed by atoms with Crippen LogP contribution in [0.25, 0.3) is 22.5 Å². The van der Waals surface area contributed by atoms with Gasteiger partial charge in [0.2, 0.25) is 0 Å². The van der Waals surface area contributed by atoms with Crippen LogP contribution >= 0.6 is 0 Å². The van der Waals surface area contributed by atoms with E-state index in [0.717, 1.165) is 56.6 Å². The molecule has 9 heteroatoms. The fraction of sp³-hybridized carbons (Fsp3) is 0.409. The van der Waals surface area contributed by atoms with Gasteiger partial charge in [-0.05, 0) is 84.5 Å². The summed E-state index contributed by atoms with van der Waals surface area (Å²) in [7, 11) is -3.46. The zero-order valence-electron chi connectivity index (χ0n) is 17.7. The van der Waals surface area contributed by atoms with Crippen LogP contribution in [0.4, 0.5) is 0 Å². The number of nitrogens with zero attached hydrogens (tertiary/aromatic N) is 4. The molecule has 31 heavy (non-hydrogen) atoms. The van der Waals surface area contributed by atoms with E-state index in [1.165, 1.54) is 11.8 Å². The number of piperidine rings is 1. The summed E-state index contributed by atoms with van der Waals surface area (Å²) in [5.41, 5.74) is 9.16. The second-order valence-corrected chi connectivity index (χ2v) is 10.1. The molecule has 0 spiro atoms. The summed E-state index contributed by atoms with van der Waals surface area (Å²) >= 11 is 0. The molecule has 3 aromatic rings. The van der Waals surface area contributed by atoms with Gasteiger partial charge in [-0.2, -0.15) is 0 Å². The van der Waals surface area contributed by atoms with Gasteiger partial charge in [-0.15, -0.1) is 5.10 Å². The second-order valence-electron chi connectivity index (χ2n) is 8.08. The van der Waals surface area contributed by atoms with Crippen molar-refractivity contribution >= 4 is 9.84 Å². The number of aromatic nitrogens is 4. The van der Waals surface area contributed by atoms with Crippen molar-refractivity contribution in [2.24, 2.45) is 5.73 Å². The number of hydrogen-bond acceptors (Lipinski definition) is 7. The third-order valence-electron chi connectivity index (χ3n) is 5.97. The van der Waals surface area contributed by atoms with Crippen molar-refractivity contribution in [2.45, 2.75) is 30.1 Å². The highest BCUT2D eigenvalue weighted by molar-refractivity contribution is 7.90. The zero-order chi connectivity index (χ0) is 21.8. The first-order valence-corrected chi connectivity index (χ1v) is 12.5. The second kappa shape index (κ2) is 9.25. The summed E-state index contributed by atoms with van der Waals surface area (Å²) in [6.07, 6.45) is 4.53. The molecule has 0 bridgehead atoms. The van der Waals surface area contributed by atoms with Crippen molar-refractivity contribution in [2.75, 3.05) is 32.4 Å². The Balaban J connectivity index is 1.61. The third kappa shape index (κ3) is 4.84. The van der Waals surface area contributed by atoms with E-state index >= 15 is 0 Å². The minimum Gasteiger partial charge on any atom is -0.330 e. The van der Waals surface area contributed by atoms with Gasteiger partial charge >= 0.3 is 0 Å². The standard InChI is InChI=1S/C22H28N6O2S/c1-31(29,30)20-5-2-4-19(21(20)22-24-26-27-25-22)18-8-6-16(7-9-18)17-10-14-28(15-11-17)13-3-12-23/h2,4-9,17H,3,10-15,23H2,1H3,(H,24,25,26,27). The van der Waals surface area contributed by atoms with Crippen LogP contribution < -0.4 is 5.73 Å². The molecule has 2 aromatic carbocycles. The number of rotatable bonds is 7. The monoisotopic (exact) mass is 440 g/mol. The van der Waals surface area contributed by atoms with Crippen LogP contribution in [-0.2, 0) is 9.84 Å². The largest absolute Gasteiger partial charge is 0.330 e. The van der Waals surface area contributed by atoms with Gasteiger partial charge in [-0.1, -0.05) is 36.4 Å². The highest BCUT2D eigenvalue weighted by atomic mass is 32.2. The molecule has 164 valence electrons. The van der Waals surface area contributed by atoms with Gasteiger partial charge in [0.1, 0.15) is 0 Å². The van der Waals surface area contributed by atoms with Crippen LogP contribution in [0, 0.1) is 0 Å². The van der Waals surface area contributed by atoms with Crippen LogP contribution in [0.3, 0.4) is 0 Å². The number of likely N-dealkylation sites (tertiary alicyclic amines) is 1. The van der Waals surface area contributed by atoms with E-state index < -0.39 is 9.84 Å². The molecular formula is C22H28N6O2S. The summed E-state index contributed by atoms with van der Waals surface area (Å²) in [5, 5.41) is 13.9. The predicted octanol–water partition coefficient (Wildman–Crippen LogP) is 2.47. The van der Waals surface area contributed by atoms with Crippen molar-refractivity contribution < 1.29 is 8.42 Å². The molecule has 0 radical (unpaired) electrons. The normalized spacial score (nSPS) is 15.9. The maximum absolute atomic E-state index is 12.4. The Hall–Kier alpha value is -2.62. The molecule has 1 aromatic heterocycles. The molecule has 0 aliphatic carbocycles. The molecule has 0 unspecified atom stereocenters. The lowest BCUT2D eigenvalue weighted by molar-refractivity contribution is 0.211. The molecule has 2 heterocycles. The van der Waals surface area contributed by atoms with E-state index in [0.29, 0.717) is 17.3 Å². The summed E-state index contributed by atoms with van der Waals surface area (Å²) in [6, 6.07) is 13.7. The Bertz CT molecular complexity index is 1110. The maximum atomic E-state index is 12.4. The highest BCUT2D eigenvalue weighted by Gasteiger charge is 2.23. The van der Waals surface area contributed by atoms with Crippen LogP contribution in [-0.4, -0.2) is 66.4 Å². The number of aromatic amines is 1. The van der Waals surface area contributed by atoms with E-state index in [9.17, 15) is 8.42 Å². The van der Waals surface area contributed by atoms with Crippen LogP contribution in [0.15, 0.2) is 47.4 Å². The minimum absolute atomic E-state index is 0.206. The summed E-state index contributed by atoms with van der Waals surface area (Å²) in [6.45, 7) is 4.03. The van der Waals surface area contributed by atoms with E-state index in [1.807, 2.05) is 6.07 Å². The number of H-pyrrole nitrogens is 1. The summed E-state index contributed by atoms with van der Waals surface area (Å²) < 4.78 is 24.8. The number of nitrogens with two attached hydrogens (primary N) is 1. The van der Waals surface area contributed by atoms with E-state index in [2.05, 4.69) is 49.8 Å². The Kier molecular flexibility index (Phi) is 6.45. The van der Waals surface area contributed by atoms with Crippen molar-refractivity contribution in [3.05, 3.63) is 48.0 Å². The molecule has 0 atom stereocenters. The van der Waals surface area contributed by atoms with Gasteiger partial charge in [-0.25, -0.2) is 13.5 Å². The third-order valence-corrected chi connectivity index (χ3v) is 7.11. The summed E-state index contributed by atoms with van der Waals surface area (Å²) in [5.74, 6) is 0.883. The molecule has 1 saturated heterocycles. The lowest BCUT2D eigenvalue weighted by Crippen LogP contribution is -2.34. The van der Waals surface area contributed by atoms with Crippen molar-refractivity contribution in [3.8, 4) is 22.5 Å². The van der Waals surface area contributed by atoms with Gasteiger partial charge in [0.25, 0.3) is 0 Å². The fourth-order valence-corrected chi connectivity index (χ4v) is 5.23. The molecule has 4 rings (SSSR count). The average Bonchev–Trinajstić information content (AvgIpc) is 3.32. The first-order valence-electron chi connectivity index (χ1n) is 10.6. The van der Waals surface area contributed by atoms with Crippen molar-refractivity contribution in [3.63, 3.8) is 0 Å². The van der Waals surface area contributed by atoms with E-state index in [1.54, 1.807) is 12.1 Å². The van der Waals surface area contributed by atoms with E-state index in [4.69, 9.17) is 5.73 Å². The van der Waals surface area contributed by atoms with Crippen LogP contribution in [0.1, 0.15) is 30.7 Å². The Morgan fingerprint density at radius 2 is 1.87 bits per heavy atom. The minimum atomic E-state index is -3.46. The van der Waals surface area contributed by atoms with Gasteiger partial charge in [0.15, 0.2) is 15.7 Å². The zero-order valence-corrected chi connectivity index (χ0v) is 18.5. The Labute approximate surface area is 182 Å². The molecule has 3 N–H and O–H groups in total. The van der Waals surface area contributed by atoms with Crippen LogP contribution in [0.2, 0.25) is 0 Å². The quantitative estimate of drug-likeness (QED) is 0.579. The number of benzene rings is 2. The predicted molar refractivity (Wildman–Crippen MR) is 120 cm³/mol. The molecule has 1 fully saturated rings. The first-order chi connectivity index (χ1) is 15.0. The molecule has 0 saturated carbocycles. The number of sulfone groups is 1. The average molecular weight is 441 g/mol. The topological polar surface area (TPSA) is 118 Å². The van der Waals surface area contributed by atoms with Gasteiger partial charge in [0.05, 0.1) is 4.90 Å². The SMILES string of the molecule is CS(=O)(=O)c1cccc(-c2ccc(C3CCN(CCCN)CC3)cc2)c1-c1nnn[nH]1. The number of nitrogens with one attached hydrogen (secondary N) is 1. The molecule has 0 amide bonds. The molecule has 1 aliphatic rings. The van der Waals surface area contributed by atoms with Gasteiger partial charge in [0, 0.05) is 11.8 Å². The Morgan fingerprint density at radius 3 is 2.48 bits per heavy atom. The van der Waals surface area contributed by atoms with Crippen molar-refractivity contribution in [1.82, 2.24) is 25.5 Å². The van der Waals surface area contributed by atoms with Crippen molar-refractivity contribution in [1.29, 1.82) is 0 Å². The Morgan fingerprint density at radius 1 is 1.13 bits per heavy atom. The molecular weight excluding hydrogens is 412 g/mol. The van der Waals surface area contributed by atoms with Gasteiger partial charge < -0.3 is 10.6 Å². The lowest BCUT2D eigenvalue weighted by atomic mass is 9.88. The highest BCUT2D eigenvalue weighted by Crippen LogP contribution is 2.36. The lowest BCUT2D eigenvalue weighted by Gasteiger charge is -2.32. The molecule has 1 aliphatic heterocycles. The van der Waals surface area contributed by atoms with Gasteiger partial charge in [-0.3, -0.25) is 0 Å².